The van der Waals surface area contributed by atoms with Crippen molar-refractivity contribution in [2.45, 2.75) is 123 Å². The summed E-state index contributed by atoms with van der Waals surface area (Å²) in [6.07, 6.45) is 8.50. The van der Waals surface area contributed by atoms with Gasteiger partial charge in [0.15, 0.2) is 0 Å². The summed E-state index contributed by atoms with van der Waals surface area (Å²) in [4.78, 5) is 24.2. The van der Waals surface area contributed by atoms with E-state index in [9.17, 15) is 24.9 Å². The van der Waals surface area contributed by atoms with Gasteiger partial charge in [0.2, 0.25) is 0 Å². The molecule has 0 aromatic carbocycles. The van der Waals surface area contributed by atoms with Gasteiger partial charge in [0, 0.05) is 18.8 Å². The molecule has 216 valence electrons. The number of hydrogen-bond acceptors (Lipinski definition) is 8. The van der Waals surface area contributed by atoms with Crippen molar-refractivity contribution in [3.8, 4) is 0 Å². The Morgan fingerprint density at radius 2 is 1.97 bits per heavy atom. The van der Waals surface area contributed by atoms with E-state index < -0.39 is 35.9 Å². The van der Waals surface area contributed by atoms with Gasteiger partial charge in [-0.2, -0.15) is 0 Å². The van der Waals surface area contributed by atoms with Crippen LogP contribution < -0.4 is 0 Å². The first kappa shape index (κ1) is 32.2. The minimum atomic E-state index is -1.40. The zero-order valence-corrected chi connectivity index (χ0v) is 24.0. The third-order valence-electron chi connectivity index (χ3n) is 7.63. The Hall–Kier alpha value is -2.00. The maximum Gasteiger partial charge on any atom is 0.309 e. The molecule has 1 saturated heterocycles. The number of aliphatic hydroxyl groups is 3. The van der Waals surface area contributed by atoms with E-state index in [0.717, 1.165) is 18.4 Å². The molecule has 0 aromatic heterocycles. The highest BCUT2D eigenvalue weighted by Gasteiger charge is 2.45. The summed E-state index contributed by atoms with van der Waals surface area (Å²) in [5.74, 6) is -0.921. The van der Waals surface area contributed by atoms with E-state index in [1.165, 1.54) is 6.92 Å². The molecule has 10 atom stereocenters. The predicted molar refractivity (Wildman–Crippen MR) is 145 cm³/mol. The average Bonchev–Trinajstić information content (AvgIpc) is 3.60. The first-order valence-corrected chi connectivity index (χ1v) is 13.9. The van der Waals surface area contributed by atoms with Gasteiger partial charge in [0.1, 0.15) is 17.8 Å². The molecule has 2 rings (SSSR count). The second kappa shape index (κ2) is 14.4. The van der Waals surface area contributed by atoms with Gasteiger partial charge in [0.05, 0.1) is 30.8 Å². The smallest absolute Gasteiger partial charge is 0.309 e. The Balaban J connectivity index is 2.12. The first-order chi connectivity index (χ1) is 17.7. The SMILES string of the molecule is CC[C@H](O)[C@@H](C)[C@H]1O[C@@H]1C[C@H](C)/C=C/C=C(\C)[C@@H]1OC(=O)C[C@H](O)CC[C@@](C)(O)[C@@H](OC(C)=O)/C=C/[C@@H]1C. The topological polar surface area (TPSA) is 126 Å². The lowest BCUT2D eigenvalue weighted by atomic mass is 9.88. The molecule has 0 bridgehead atoms. The summed E-state index contributed by atoms with van der Waals surface area (Å²) in [7, 11) is 0. The van der Waals surface area contributed by atoms with Crippen LogP contribution in [0.1, 0.15) is 80.6 Å². The second-order valence-corrected chi connectivity index (χ2v) is 11.4. The molecule has 8 heteroatoms. The molecule has 38 heavy (non-hydrogen) atoms. The van der Waals surface area contributed by atoms with E-state index in [-0.39, 0.29) is 55.3 Å². The second-order valence-electron chi connectivity index (χ2n) is 11.4. The molecule has 0 unspecified atom stereocenters. The zero-order valence-electron chi connectivity index (χ0n) is 24.0. The van der Waals surface area contributed by atoms with Crippen molar-refractivity contribution in [3.63, 3.8) is 0 Å². The fourth-order valence-electron chi connectivity index (χ4n) is 4.97. The summed E-state index contributed by atoms with van der Waals surface area (Å²) in [6, 6.07) is 0. The molecule has 0 aromatic rings. The highest BCUT2D eigenvalue weighted by Crippen LogP contribution is 2.36. The standard InChI is InChI=1S/C30H48O8/c1-8-24(33)21(5)29-25(37-29)16-18(2)10-9-11-19(3)28-20(4)12-13-26(36-22(6)31)30(7,35)15-14-23(32)17-27(34)38-28/h9-13,18,20-21,23-26,28-29,32-33,35H,8,14-17H2,1-7H3/b10-9+,13-12+,19-11+/t18-,20+,21-,23-,24+,25-,26+,28+,29-,30-/m1/s1. The lowest BCUT2D eigenvalue weighted by Crippen LogP contribution is -2.42. The minimum absolute atomic E-state index is 0.105. The Kier molecular flexibility index (Phi) is 12.2. The van der Waals surface area contributed by atoms with Crippen LogP contribution in [0.2, 0.25) is 0 Å². The van der Waals surface area contributed by atoms with Crippen molar-refractivity contribution in [2.24, 2.45) is 17.8 Å². The number of carbonyl (C=O) groups is 2. The van der Waals surface area contributed by atoms with E-state index >= 15 is 0 Å². The summed E-state index contributed by atoms with van der Waals surface area (Å²) in [5, 5.41) is 31.3. The van der Waals surface area contributed by atoms with E-state index in [0.29, 0.717) is 0 Å². The van der Waals surface area contributed by atoms with Crippen LogP contribution in [0.3, 0.4) is 0 Å². The van der Waals surface area contributed by atoms with Crippen molar-refractivity contribution in [1.82, 2.24) is 0 Å². The Morgan fingerprint density at radius 3 is 2.61 bits per heavy atom. The third kappa shape index (κ3) is 9.95. The Bertz CT molecular complexity index is 875. The van der Waals surface area contributed by atoms with Gasteiger partial charge in [-0.05, 0) is 57.1 Å². The molecule has 0 aliphatic carbocycles. The molecule has 0 saturated carbocycles. The quantitative estimate of drug-likeness (QED) is 0.175. The molecule has 3 N–H and O–H groups in total. The third-order valence-corrected chi connectivity index (χ3v) is 7.63. The van der Waals surface area contributed by atoms with Gasteiger partial charge in [-0.25, -0.2) is 0 Å². The molecule has 0 spiro atoms. The number of hydrogen-bond donors (Lipinski definition) is 3. The number of epoxide rings is 1. The van der Waals surface area contributed by atoms with Crippen molar-refractivity contribution >= 4 is 11.9 Å². The molecule has 8 nitrogen and oxygen atoms in total. The number of esters is 2. The monoisotopic (exact) mass is 536 g/mol. The number of allylic oxidation sites excluding steroid dienone is 3. The van der Waals surface area contributed by atoms with Crippen LogP contribution >= 0.6 is 0 Å². The van der Waals surface area contributed by atoms with E-state index in [1.807, 2.05) is 39.8 Å². The first-order valence-electron chi connectivity index (χ1n) is 13.9. The number of ether oxygens (including phenoxy) is 3. The normalized spacial score (nSPS) is 36.4. The summed E-state index contributed by atoms with van der Waals surface area (Å²) in [6.45, 7) is 12.7. The van der Waals surface area contributed by atoms with Crippen LogP contribution in [-0.4, -0.2) is 69.5 Å². The fraction of sp³-hybridized carbons (Fsp3) is 0.733. The molecular formula is C30H48O8. The molecule has 0 radical (unpaired) electrons. The van der Waals surface area contributed by atoms with Crippen molar-refractivity contribution < 1.29 is 39.1 Å². The largest absolute Gasteiger partial charge is 0.457 e. The number of rotatable bonds is 9. The Labute approximate surface area is 227 Å². The maximum absolute atomic E-state index is 12.6. The van der Waals surface area contributed by atoms with Gasteiger partial charge in [-0.3, -0.25) is 9.59 Å². The highest BCUT2D eigenvalue weighted by molar-refractivity contribution is 5.70. The maximum atomic E-state index is 12.6. The lowest BCUT2D eigenvalue weighted by molar-refractivity contribution is -0.157. The van der Waals surface area contributed by atoms with Gasteiger partial charge >= 0.3 is 11.9 Å². The van der Waals surface area contributed by atoms with Crippen LogP contribution in [0.25, 0.3) is 0 Å². The van der Waals surface area contributed by atoms with E-state index in [2.05, 4.69) is 13.0 Å². The zero-order chi connectivity index (χ0) is 28.6. The van der Waals surface area contributed by atoms with E-state index in [1.54, 1.807) is 19.1 Å². The molecule has 0 amide bonds. The van der Waals surface area contributed by atoms with Gasteiger partial charge in [0.25, 0.3) is 0 Å². The van der Waals surface area contributed by atoms with Crippen molar-refractivity contribution in [3.05, 3.63) is 36.0 Å². The summed E-state index contributed by atoms with van der Waals surface area (Å²) < 4.78 is 16.9. The fourth-order valence-corrected chi connectivity index (χ4v) is 4.97. The molecule has 2 aliphatic rings. The number of aliphatic hydroxyl groups excluding tert-OH is 2. The number of carbonyl (C=O) groups excluding carboxylic acids is 2. The van der Waals surface area contributed by atoms with Crippen molar-refractivity contribution in [2.75, 3.05) is 0 Å². The van der Waals surface area contributed by atoms with Crippen LogP contribution in [0.15, 0.2) is 36.0 Å². The summed E-state index contributed by atoms with van der Waals surface area (Å²) >= 11 is 0. The lowest BCUT2D eigenvalue weighted by Gasteiger charge is -2.32. The molecule has 1 fully saturated rings. The summed E-state index contributed by atoms with van der Waals surface area (Å²) in [5.41, 5.74) is -0.580. The van der Waals surface area contributed by atoms with Crippen molar-refractivity contribution in [1.29, 1.82) is 0 Å². The molecule has 2 heterocycles. The van der Waals surface area contributed by atoms with E-state index in [4.69, 9.17) is 14.2 Å². The minimum Gasteiger partial charge on any atom is -0.457 e. The molecule has 2 aliphatic heterocycles. The average molecular weight is 537 g/mol. The number of cyclic esters (lactones) is 1. The van der Waals surface area contributed by atoms with Gasteiger partial charge in [-0.1, -0.05) is 52.0 Å². The van der Waals surface area contributed by atoms with Crippen LogP contribution in [0.4, 0.5) is 0 Å². The Morgan fingerprint density at radius 1 is 1.29 bits per heavy atom. The van der Waals surface area contributed by atoms with Crippen LogP contribution in [0.5, 0.6) is 0 Å². The van der Waals surface area contributed by atoms with Crippen LogP contribution in [0, 0.1) is 17.8 Å². The van der Waals surface area contributed by atoms with Gasteiger partial charge < -0.3 is 29.5 Å². The molecular weight excluding hydrogens is 488 g/mol. The van der Waals surface area contributed by atoms with Gasteiger partial charge in [-0.15, -0.1) is 0 Å². The van der Waals surface area contributed by atoms with Crippen LogP contribution in [-0.2, 0) is 23.8 Å². The predicted octanol–water partition coefficient (Wildman–Crippen LogP) is 4.02. The highest BCUT2D eigenvalue weighted by atomic mass is 16.6.